The number of benzene rings is 1. The van der Waals surface area contributed by atoms with Gasteiger partial charge in [-0.1, -0.05) is 31.2 Å². The van der Waals surface area contributed by atoms with E-state index in [2.05, 4.69) is 17.9 Å². The molecule has 0 saturated carbocycles. The van der Waals surface area contributed by atoms with Crippen molar-refractivity contribution in [1.82, 2.24) is 5.32 Å². The summed E-state index contributed by atoms with van der Waals surface area (Å²) >= 11 is 4.11. The SMILES string of the molecule is COC(=O)C(Cc1ccccc1CO)NC(=O)[C@@H](C)CCS. The Morgan fingerprint density at radius 3 is 2.50 bits per heavy atom. The summed E-state index contributed by atoms with van der Waals surface area (Å²) in [5.74, 6) is -0.326. The van der Waals surface area contributed by atoms with Crippen LogP contribution in [0.3, 0.4) is 0 Å². The molecule has 0 aliphatic rings. The molecule has 6 heteroatoms. The molecule has 1 amide bonds. The van der Waals surface area contributed by atoms with Crippen molar-refractivity contribution in [2.75, 3.05) is 12.9 Å². The fourth-order valence-corrected chi connectivity index (χ4v) is 2.49. The normalized spacial score (nSPS) is 13.3. The molecule has 1 unspecified atom stereocenters. The van der Waals surface area contributed by atoms with Gasteiger partial charge in [0, 0.05) is 12.3 Å². The van der Waals surface area contributed by atoms with Crippen LogP contribution in [-0.2, 0) is 27.4 Å². The Morgan fingerprint density at radius 2 is 1.95 bits per heavy atom. The highest BCUT2D eigenvalue weighted by molar-refractivity contribution is 7.80. The molecule has 0 saturated heterocycles. The quantitative estimate of drug-likeness (QED) is 0.498. The Hall–Kier alpha value is -1.53. The van der Waals surface area contributed by atoms with E-state index in [0.717, 1.165) is 11.1 Å². The lowest BCUT2D eigenvalue weighted by Gasteiger charge is -2.20. The van der Waals surface area contributed by atoms with E-state index in [0.29, 0.717) is 12.2 Å². The molecule has 1 aromatic carbocycles. The van der Waals surface area contributed by atoms with Crippen molar-refractivity contribution in [2.24, 2.45) is 5.92 Å². The molecule has 0 aromatic heterocycles. The van der Waals surface area contributed by atoms with Crippen LogP contribution >= 0.6 is 12.6 Å². The van der Waals surface area contributed by atoms with Crippen molar-refractivity contribution in [3.05, 3.63) is 35.4 Å². The van der Waals surface area contributed by atoms with E-state index in [4.69, 9.17) is 4.74 Å². The zero-order valence-electron chi connectivity index (χ0n) is 12.9. The van der Waals surface area contributed by atoms with Crippen molar-refractivity contribution in [3.63, 3.8) is 0 Å². The van der Waals surface area contributed by atoms with Gasteiger partial charge in [0.25, 0.3) is 0 Å². The minimum absolute atomic E-state index is 0.117. The number of amides is 1. The van der Waals surface area contributed by atoms with E-state index < -0.39 is 12.0 Å². The van der Waals surface area contributed by atoms with Crippen LogP contribution in [0.5, 0.6) is 0 Å². The van der Waals surface area contributed by atoms with Crippen LogP contribution in [0, 0.1) is 5.92 Å². The lowest BCUT2D eigenvalue weighted by molar-refractivity contribution is -0.145. The minimum atomic E-state index is -0.771. The van der Waals surface area contributed by atoms with E-state index >= 15 is 0 Å². The first-order valence-corrected chi connectivity index (χ1v) is 7.83. The second-order valence-electron chi connectivity index (χ2n) is 5.13. The third-order valence-electron chi connectivity index (χ3n) is 3.52. The molecule has 1 rings (SSSR count). The molecule has 122 valence electrons. The lowest BCUT2D eigenvalue weighted by atomic mass is 9.99. The van der Waals surface area contributed by atoms with Crippen LogP contribution in [0.1, 0.15) is 24.5 Å². The maximum absolute atomic E-state index is 12.1. The number of rotatable bonds is 8. The van der Waals surface area contributed by atoms with E-state index in [-0.39, 0.29) is 24.9 Å². The fourth-order valence-electron chi connectivity index (χ4n) is 2.11. The van der Waals surface area contributed by atoms with Gasteiger partial charge in [0.15, 0.2) is 0 Å². The minimum Gasteiger partial charge on any atom is -0.467 e. The average molecular weight is 325 g/mol. The lowest BCUT2D eigenvalue weighted by Crippen LogP contribution is -2.45. The Bertz CT molecular complexity index is 507. The fraction of sp³-hybridized carbons (Fsp3) is 0.500. The number of carbonyl (C=O) groups is 2. The number of thiol groups is 1. The summed E-state index contributed by atoms with van der Waals surface area (Å²) in [5.41, 5.74) is 1.54. The summed E-state index contributed by atoms with van der Waals surface area (Å²) in [6.45, 7) is 1.68. The summed E-state index contributed by atoms with van der Waals surface area (Å²) in [4.78, 5) is 24.0. The largest absolute Gasteiger partial charge is 0.467 e. The van der Waals surface area contributed by atoms with Crippen molar-refractivity contribution in [2.45, 2.75) is 32.4 Å². The number of esters is 1. The Morgan fingerprint density at radius 1 is 1.32 bits per heavy atom. The van der Waals surface area contributed by atoms with Gasteiger partial charge in [-0.15, -0.1) is 0 Å². The number of nitrogens with one attached hydrogen (secondary N) is 1. The maximum atomic E-state index is 12.1. The van der Waals surface area contributed by atoms with Crippen molar-refractivity contribution in [3.8, 4) is 0 Å². The van der Waals surface area contributed by atoms with E-state index in [1.165, 1.54) is 7.11 Å². The van der Waals surface area contributed by atoms with Gasteiger partial charge in [-0.25, -0.2) is 4.79 Å². The molecular weight excluding hydrogens is 302 g/mol. The van der Waals surface area contributed by atoms with Crippen LogP contribution < -0.4 is 5.32 Å². The number of methoxy groups -OCH3 is 1. The second kappa shape index (κ2) is 9.48. The van der Waals surface area contributed by atoms with Gasteiger partial charge >= 0.3 is 5.97 Å². The Labute approximate surface area is 136 Å². The van der Waals surface area contributed by atoms with Gasteiger partial charge < -0.3 is 15.2 Å². The number of carbonyl (C=O) groups excluding carboxylic acids is 2. The van der Waals surface area contributed by atoms with Crippen LogP contribution in [0.4, 0.5) is 0 Å². The number of aliphatic hydroxyl groups excluding tert-OH is 1. The number of hydrogen-bond donors (Lipinski definition) is 3. The molecule has 0 heterocycles. The summed E-state index contributed by atoms with van der Waals surface area (Å²) < 4.78 is 4.77. The molecule has 22 heavy (non-hydrogen) atoms. The third-order valence-corrected chi connectivity index (χ3v) is 3.78. The van der Waals surface area contributed by atoms with Gasteiger partial charge in [-0.05, 0) is 23.3 Å². The molecule has 2 atom stereocenters. The smallest absolute Gasteiger partial charge is 0.328 e. The zero-order chi connectivity index (χ0) is 16.5. The molecule has 0 fully saturated rings. The first-order chi connectivity index (χ1) is 10.5. The van der Waals surface area contributed by atoms with Crippen LogP contribution in [-0.4, -0.2) is 35.9 Å². The van der Waals surface area contributed by atoms with Crippen LogP contribution in [0.25, 0.3) is 0 Å². The van der Waals surface area contributed by atoms with Gasteiger partial charge in [0.1, 0.15) is 6.04 Å². The summed E-state index contributed by atoms with van der Waals surface area (Å²) in [6, 6.07) is 6.48. The number of hydrogen-bond acceptors (Lipinski definition) is 5. The molecule has 0 aliphatic heterocycles. The monoisotopic (exact) mass is 325 g/mol. The predicted octanol–water partition coefficient (Wildman–Crippen LogP) is 1.34. The number of aliphatic hydroxyl groups is 1. The van der Waals surface area contributed by atoms with Gasteiger partial charge in [0.05, 0.1) is 13.7 Å². The molecular formula is C16H23NO4S. The van der Waals surface area contributed by atoms with Crippen molar-refractivity contribution in [1.29, 1.82) is 0 Å². The molecule has 0 spiro atoms. The standard InChI is InChI=1S/C16H23NO4S/c1-11(7-8-22)15(19)17-14(16(20)21-2)9-12-5-3-4-6-13(12)10-18/h3-6,11,14,18,22H,7-10H2,1-2H3,(H,17,19)/t11-,14?/m0/s1. The molecule has 5 nitrogen and oxygen atoms in total. The van der Waals surface area contributed by atoms with E-state index in [1.807, 2.05) is 18.2 Å². The first kappa shape index (κ1) is 18.5. The molecule has 0 aliphatic carbocycles. The first-order valence-electron chi connectivity index (χ1n) is 7.20. The topological polar surface area (TPSA) is 75.6 Å². The van der Waals surface area contributed by atoms with Crippen LogP contribution in [0.2, 0.25) is 0 Å². The second-order valence-corrected chi connectivity index (χ2v) is 5.58. The summed E-state index contributed by atoms with van der Waals surface area (Å²) in [6.07, 6.45) is 0.915. The molecule has 0 bridgehead atoms. The van der Waals surface area contributed by atoms with Gasteiger partial charge in [-0.2, -0.15) is 12.6 Å². The molecule has 2 N–H and O–H groups in total. The van der Waals surface area contributed by atoms with Crippen molar-refractivity contribution >= 4 is 24.5 Å². The van der Waals surface area contributed by atoms with E-state index in [1.54, 1.807) is 13.0 Å². The van der Waals surface area contributed by atoms with Gasteiger partial charge in [0.2, 0.25) is 5.91 Å². The highest BCUT2D eigenvalue weighted by Crippen LogP contribution is 2.13. The highest BCUT2D eigenvalue weighted by Gasteiger charge is 2.24. The average Bonchev–Trinajstić information content (AvgIpc) is 2.54. The Kier molecular flexibility index (Phi) is 7.98. The summed E-state index contributed by atoms with van der Waals surface area (Å²) in [5, 5.41) is 12.1. The predicted molar refractivity (Wildman–Crippen MR) is 87.6 cm³/mol. The van der Waals surface area contributed by atoms with Crippen LogP contribution in [0.15, 0.2) is 24.3 Å². The Balaban J connectivity index is 2.85. The van der Waals surface area contributed by atoms with E-state index in [9.17, 15) is 14.7 Å². The molecule has 1 aromatic rings. The van der Waals surface area contributed by atoms with Gasteiger partial charge in [-0.3, -0.25) is 4.79 Å². The van der Waals surface area contributed by atoms with Crippen molar-refractivity contribution < 1.29 is 19.4 Å². The number of ether oxygens (including phenoxy) is 1. The maximum Gasteiger partial charge on any atom is 0.328 e. The zero-order valence-corrected chi connectivity index (χ0v) is 13.8. The third kappa shape index (κ3) is 5.35. The summed E-state index contributed by atoms with van der Waals surface area (Å²) in [7, 11) is 1.29. The highest BCUT2D eigenvalue weighted by atomic mass is 32.1. The molecule has 0 radical (unpaired) electrons.